The van der Waals surface area contributed by atoms with Gasteiger partial charge in [-0.2, -0.15) is 0 Å². The van der Waals surface area contributed by atoms with Gasteiger partial charge >= 0.3 is 0 Å². The Labute approximate surface area is 108 Å². The first-order valence-electron chi connectivity index (χ1n) is 6.67. The van der Waals surface area contributed by atoms with Gasteiger partial charge in [0.15, 0.2) is 0 Å². The van der Waals surface area contributed by atoms with E-state index in [0.29, 0.717) is 12.6 Å². The number of hydrogen-bond donors (Lipinski definition) is 1. The summed E-state index contributed by atoms with van der Waals surface area (Å²) in [6.07, 6.45) is 5.55. The summed E-state index contributed by atoms with van der Waals surface area (Å²) in [6.45, 7) is 4.55. The van der Waals surface area contributed by atoms with Crippen molar-refractivity contribution in [3.05, 3.63) is 11.9 Å². The Bertz CT molecular complexity index is 346. The summed E-state index contributed by atoms with van der Waals surface area (Å²) in [6, 6.07) is 0. The van der Waals surface area contributed by atoms with Gasteiger partial charge in [0.1, 0.15) is 0 Å². The third-order valence-electron chi connectivity index (χ3n) is 3.27. The molecule has 6 nitrogen and oxygen atoms in total. The second-order valence-corrected chi connectivity index (χ2v) is 4.87. The zero-order valence-corrected chi connectivity index (χ0v) is 11.1. The van der Waals surface area contributed by atoms with Crippen molar-refractivity contribution in [3.8, 4) is 0 Å². The molecule has 0 saturated carbocycles. The number of likely N-dealkylation sites (tertiary alicyclic amines) is 1. The molecular formula is C12H23N5O. The molecule has 1 fully saturated rings. The van der Waals surface area contributed by atoms with E-state index in [2.05, 4.69) is 15.2 Å². The van der Waals surface area contributed by atoms with Gasteiger partial charge in [-0.1, -0.05) is 5.21 Å². The van der Waals surface area contributed by atoms with Crippen molar-refractivity contribution in [1.82, 2.24) is 19.9 Å². The zero-order valence-electron chi connectivity index (χ0n) is 11.1. The maximum absolute atomic E-state index is 5.79. The van der Waals surface area contributed by atoms with Crippen molar-refractivity contribution < 1.29 is 4.74 Å². The van der Waals surface area contributed by atoms with Gasteiger partial charge in [0.05, 0.1) is 11.8 Å². The lowest BCUT2D eigenvalue weighted by Crippen LogP contribution is -2.36. The summed E-state index contributed by atoms with van der Waals surface area (Å²) in [5, 5.41) is 8.07. The molecule has 0 amide bonds. The van der Waals surface area contributed by atoms with Crippen LogP contribution >= 0.6 is 0 Å². The van der Waals surface area contributed by atoms with Gasteiger partial charge in [0, 0.05) is 39.5 Å². The molecular weight excluding hydrogens is 230 g/mol. The van der Waals surface area contributed by atoms with Crippen molar-refractivity contribution >= 4 is 0 Å². The molecule has 1 saturated heterocycles. The molecule has 1 aliphatic rings. The largest absolute Gasteiger partial charge is 0.378 e. The second kappa shape index (κ2) is 6.82. The molecule has 2 N–H and O–H groups in total. The number of aryl methyl sites for hydroxylation is 1. The average molecular weight is 253 g/mol. The highest BCUT2D eigenvalue weighted by Gasteiger charge is 2.20. The molecule has 1 aromatic heterocycles. The SMILES string of the molecule is Cn1cc(CN2CCC(OCCCN)CC2)nn1. The van der Waals surface area contributed by atoms with Crippen molar-refractivity contribution in [1.29, 1.82) is 0 Å². The molecule has 1 aliphatic heterocycles. The van der Waals surface area contributed by atoms with Crippen LogP contribution in [0.2, 0.25) is 0 Å². The van der Waals surface area contributed by atoms with Gasteiger partial charge in [0.2, 0.25) is 0 Å². The van der Waals surface area contributed by atoms with E-state index in [9.17, 15) is 0 Å². The summed E-state index contributed by atoms with van der Waals surface area (Å²) in [5.41, 5.74) is 6.49. The average Bonchev–Trinajstić information content (AvgIpc) is 2.77. The first-order valence-corrected chi connectivity index (χ1v) is 6.67. The monoisotopic (exact) mass is 253 g/mol. The van der Waals surface area contributed by atoms with E-state index < -0.39 is 0 Å². The molecule has 18 heavy (non-hydrogen) atoms. The van der Waals surface area contributed by atoms with Gasteiger partial charge < -0.3 is 10.5 Å². The van der Waals surface area contributed by atoms with Gasteiger partial charge in [-0.3, -0.25) is 9.58 Å². The van der Waals surface area contributed by atoms with E-state index in [1.54, 1.807) is 4.68 Å². The predicted molar refractivity (Wildman–Crippen MR) is 68.9 cm³/mol. The highest BCUT2D eigenvalue weighted by Crippen LogP contribution is 2.15. The topological polar surface area (TPSA) is 69.2 Å². The molecule has 6 heteroatoms. The maximum atomic E-state index is 5.79. The Kier molecular flexibility index (Phi) is 5.10. The molecule has 0 unspecified atom stereocenters. The van der Waals surface area contributed by atoms with Crippen LogP contribution in [-0.2, 0) is 18.3 Å². The van der Waals surface area contributed by atoms with Crippen LogP contribution < -0.4 is 5.73 Å². The van der Waals surface area contributed by atoms with Crippen LogP contribution in [0.25, 0.3) is 0 Å². The minimum atomic E-state index is 0.412. The molecule has 102 valence electrons. The summed E-state index contributed by atoms with van der Waals surface area (Å²) in [7, 11) is 1.90. The molecule has 1 aromatic rings. The third-order valence-corrected chi connectivity index (χ3v) is 3.27. The highest BCUT2D eigenvalue weighted by molar-refractivity contribution is 4.92. The second-order valence-electron chi connectivity index (χ2n) is 4.87. The normalized spacial score (nSPS) is 18.3. The van der Waals surface area contributed by atoms with E-state index in [1.807, 2.05) is 13.2 Å². The highest BCUT2D eigenvalue weighted by atomic mass is 16.5. The molecule has 0 spiro atoms. The van der Waals surface area contributed by atoms with Crippen LogP contribution in [-0.4, -0.2) is 52.2 Å². The van der Waals surface area contributed by atoms with Gasteiger partial charge in [-0.05, 0) is 25.8 Å². The third kappa shape index (κ3) is 4.04. The Morgan fingerprint density at radius 1 is 1.44 bits per heavy atom. The quantitative estimate of drug-likeness (QED) is 0.731. The maximum Gasteiger partial charge on any atom is 0.0967 e. The number of piperidine rings is 1. The summed E-state index contributed by atoms with van der Waals surface area (Å²) < 4.78 is 7.54. The Morgan fingerprint density at radius 2 is 2.22 bits per heavy atom. The van der Waals surface area contributed by atoms with Gasteiger partial charge in [0.25, 0.3) is 0 Å². The van der Waals surface area contributed by atoms with Crippen LogP contribution in [0.15, 0.2) is 6.20 Å². The van der Waals surface area contributed by atoms with Gasteiger partial charge in [-0.15, -0.1) is 5.10 Å². The molecule has 0 atom stereocenters. The van der Waals surface area contributed by atoms with E-state index in [4.69, 9.17) is 10.5 Å². The summed E-state index contributed by atoms with van der Waals surface area (Å²) in [5.74, 6) is 0. The fraction of sp³-hybridized carbons (Fsp3) is 0.833. The first kappa shape index (κ1) is 13.5. The van der Waals surface area contributed by atoms with Crippen molar-refractivity contribution in [3.63, 3.8) is 0 Å². The van der Waals surface area contributed by atoms with Crippen LogP contribution in [0.3, 0.4) is 0 Å². The van der Waals surface area contributed by atoms with Crippen LogP contribution in [0, 0.1) is 0 Å². The first-order chi connectivity index (χ1) is 8.78. The Hall–Kier alpha value is -0.980. The van der Waals surface area contributed by atoms with E-state index >= 15 is 0 Å². The van der Waals surface area contributed by atoms with Crippen LogP contribution in [0.4, 0.5) is 0 Å². The number of rotatable bonds is 6. The van der Waals surface area contributed by atoms with Crippen molar-refractivity contribution in [2.75, 3.05) is 26.2 Å². The lowest BCUT2D eigenvalue weighted by Gasteiger charge is -2.31. The van der Waals surface area contributed by atoms with Crippen LogP contribution in [0.5, 0.6) is 0 Å². The smallest absolute Gasteiger partial charge is 0.0967 e. The van der Waals surface area contributed by atoms with Crippen LogP contribution in [0.1, 0.15) is 25.0 Å². The van der Waals surface area contributed by atoms with Gasteiger partial charge in [-0.25, -0.2) is 0 Å². The van der Waals surface area contributed by atoms with Crippen molar-refractivity contribution in [2.24, 2.45) is 12.8 Å². The minimum Gasteiger partial charge on any atom is -0.378 e. The summed E-state index contributed by atoms with van der Waals surface area (Å²) in [4.78, 5) is 2.41. The lowest BCUT2D eigenvalue weighted by molar-refractivity contribution is 0.00540. The molecule has 0 bridgehead atoms. The number of ether oxygens (including phenoxy) is 1. The number of nitrogens with two attached hydrogens (primary N) is 1. The fourth-order valence-electron chi connectivity index (χ4n) is 2.26. The fourth-order valence-corrected chi connectivity index (χ4v) is 2.26. The molecule has 0 aliphatic carbocycles. The Morgan fingerprint density at radius 3 is 2.83 bits per heavy atom. The Balaban J connectivity index is 1.67. The number of nitrogens with zero attached hydrogens (tertiary/aromatic N) is 4. The molecule has 2 heterocycles. The molecule has 0 aromatic carbocycles. The molecule has 2 rings (SSSR count). The number of hydrogen-bond acceptors (Lipinski definition) is 5. The lowest BCUT2D eigenvalue weighted by atomic mass is 10.1. The summed E-state index contributed by atoms with van der Waals surface area (Å²) >= 11 is 0. The standard InChI is InChI=1S/C12H23N5O/c1-16-9-11(14-15-16)10-17-6-3-12(4-7-17)18-8-2-5-13/h9,12H,2-8,10,13H2,1H3. The van der Waals surface area contributed by atoms with E-state index in [1.165, 1.54) is 0 Å². The predicted octanol–water partition coefficient (Wildman–Crippen LogP) is 0.145. The minimum absolute atomic E-state index is 0.412. The molecule has 0 radical (unpaired) electrons. The van der Waals surface area contributed by atoms with Crippen molar-refractivity contribution in [2.45, 2.75) is 31.9 Å². The van der Waals surface area contributed by atoms with E-state index in [0.717, 1.165) is 51.2 Å². The van der Waals surface area contributed by atoms with E-state index in [-0.39, 0.29) is 0 Å². The zero-order chi connectivity index (χ0) is 12.8. The number of aromatic nitrogens is 3.